The third kappa shape index (κ3) is 2.87. The van der Waals surface area contributed by atoms with E-state index in [4.69, 9.17) is 9.26 Å². The maximum Gasteiger partial charge on any atom is 0.223 e. The van der Waals surface area contributed by atoms with Crippen molar-refractivity contribution >= 4 is 0 Å². The lowest BCUT2D eigenvalue weighted by molar-refractivity contribution is 0.189. The molecule has 0 aliphatic rings. The molecule has 0 radical (unpaired) electrons. The van der Waals surface area contributed by atoms with Crippen molar-refractivity contribution < 1.29 is 14.4 Å². The minimum atomic E-state index is -0.577. The lowest BCUT2D eigenvalue weighted by atomic mass is 10.1. The number of hydrogen-bond donors (Lipinski definition) is 1. The summed E-state index contributed by atoms with van der Waals surface area (Å²) >= 11 is 0. The van der Waals surface area contributed by atoms with Crippen LogP contribution < -0.4 is 4.74 Å². The van der Waals surface area contributed by atoms with Crippen molar-refractivity contribution in [3.05, 3.63) is 41.0 Å². The summed E-state index contributed by atoms with van der Waals surface area (Å²) in [7, 11) is 0. The van der Waals surface area contributed by atoms with Gasteiger partial charge in [0.1, 0.15) is 5.75 Å². The molecule has 0 aliphatic heterocycles. The van der Waals surface area contributed by atoms with Crippen LogP contribution in [0.3, 0.4) is 0 Å². The van der Waals surface area contributed by atoms with Gasteiger partial charge in [-0.05, 0) is 26.0 Å². The molecular formula is C13H16N2O3. The van der Waals surface area contributed by atoms with Gasteiger partial charge >= 0.3 is 0 Å². The maximum atomic E-state index is 9.70. The Morgan fingerprint density at radius 1 is 1.39 bits per heavy atom. The summed E-state index contributed by atoms with van der Waals surface area (Å²) in [4.78, 5) is 4.05. The van der Waals surface area contributed by atoms with Crippen LogP contribution in [0.2, 0.25) is 0 Å². The van der Waals surface area contributed by atoms with Crippen LogP contribution in [0.1, 0.15) is 35.9 Å². The van der Waals surface area contributed by atoms with E-state index < -0.39 is 6.10 Å². The predicted octanol–water partition coefficient (Wildman–Crippen LogP) is 2.32. The highest BCUT2D eigenvalue weighted by Gasteiger charge is 2.11. The average molecular weight is 248 g/mol. The zero-order valence-corrected chi connectivity index (χ0v) is 10.7. The van der Waals surface area contributed by atoms with Gasteiger partial charge < -0.3 is 14.4 Å². The number of aliphatic hydroxyl groups is 1. The van der Waals surface area contributed by atoms with Gasteiger partial charge in [-0.1, -0.05) is 16.8 Å². The quantitative estimate of drug-likeness (QED) is 0.899. The van der Waals surface area contributed by atoms with Crippen LogP contribution in [-0.4, -0.2) is 15.2 Å². The largest absolute Gasteiger partial charge is 0.485 e. The van der Waals surface area contributed by atoms with Crippen LogP contribution in [0.15, 0.2) is 22.7 Å². The Bertz CT molecular complexity index is 535. The number of aromatic nitrogens is 2. The molecule has 1 aromatic carbocycles. The van der Waals surface area contributed by atoms with Gasteiger partial charge in [-0.2, -0.15) is 4.98 Å². The van der Waals surface area contributed by atoms with Crippen LogP contribution in [-0.2, 0) is 6.61 Å². The van der Waals surface area contributed by atoms with Crippen molar-refractivity contribution in [1.82, 2.24) is 10.1 Å². The molecular weight excluding hydrogens is 232 g/mol. The molecule has 0 spiro atoms. The normalized spacial score (nSPS) is 12.4. The van der Waals surface area contributed by atoms with Crippen LogP contribution in [0.5, 0.6) is 5.75 Å². The van der Waals surface area contributed by atoms with Crippen LogP contribution in [0, 0.1) is 13.8 Å². The highest BCUT2D eigenvalue weighted by Crippen LogP contribution is 2.26. The summed E-state index contributed by atoms with van der Waals surface area (Å²) in [6, 6.07) is 5.68. The second-order valence-corrected chi connectivity index (χ2v) is 4.24. The van der Waals surface area contributed by atoms with E-state index in [2.05, 4.69) is 10.1 Å². The molecule has 1 atom stereocenters. The summed E-state index contributed by atoms with van der Waals surface area (Å²) in [6.45, 7) is 5.63. The molecule has 0 bridgehead atoms. The van der Waals surface area contributed by atoms with Crippen molar-refractivity contribution in [2.24, 2.45) is 0 Å². The van der Waals surface area contributed by atoms with E-state index in [1.54, 1.807) is 13.8 Å². The minimum absolute atomic E-state index is 0.222. The zero-order valence-electron chi connectivity index (χ0n) is 10.7. The van der Waals surface area contributed by atoms with E-state index in [1.165, 1.54) is 0 Å². The van der Waals surface area contributed by atoms with Crippen molar-refractivity contribution in [2.75, 3.05) is 0 Å². The maximum absolute atomic E-state index is 9.70. The Balaban J connectivity index is 2.13. The topological polar surface area (TPSA) is 68.4 Å². The molecule has 2 aromatic rings. The number of nitrogens with zero attached hydrogens (tertiary/aromatic N) is 2. The number of hydrogen-bond acceptors (Lipinski definition) is 5. The highest BCUT2D eigenvalue weighted by molar-refractivity contribution is 5.38. The molecule has 18 heavy (non-hydrogen) atoms. The fourth-order valence-corrected chi connectivity index (χ4v) is 1.67. The average Bonchev–Trinajstić information content (AvgIpc) is 2.73. The molecule has 0 fully saturated rings. The molecule has 1 heterocycles. The smallest absolute Gasteiger partial charge is 0.223 e. The summed E-state index contributed by atoms with van der Waals surface area (Å²) in [5.41, 5.74) is 1.84. The lowest BCUT2D eigenvalue weighted by Crippen LogP contribution is -2.02. The Kier molecular flexibility index (Phi) is 3.62. The molecule has 5 heteroatoms. The summed E-state index contributed by atoms with van der Waals surface area (Å²) in [6.07, 6.45) is -0.577. The van der Waals surface area contributed by atoms with Gasteiger partial charge in [0.25, 0.3) is 0 Å². The third-order valence-corrected chi connectivity index (χ3v) is 2.54. The van der Waals surface area contributed by atoms with Gasteiger partial charge in [-0.3, -0.25) is 0 Å². The van der Waals surface area contributed by atoms with Crippen molar-refractivity contribution in [3.8, 4) is 5.75 Å². The molecule has 5 nitrogen and oxygen atoms in total. The summed E-state index contributed by atoms with van der Waals surface area (Å²) < 4.78 is 10.5. The van der Waals surface area contributed by atoms with Crippen molar-refractivity contribution in [3.63, 3.8) is 0 Å². The third-order valence-electron chi connectivity index (χ3n) is 2.54. The molecule has 0 saturated carbocycles. The van der Waals surface area contributed by atoms with Crippen LogP contribution in [0.4, 0.5) is 0 Å². The summed E-state index contributed by atoms with van der Waals surface area (Å²) in [5, 5.41) is 13.4. The standard InChI is InChI=1S/C13H16N2O3/c1-8-4-5-12(11(6-8)9(2)16)17-7-13-14-10(3)18-15-13/h4-6,9,16H,7H2,1-3H3/t9-/m0/s1. The fourth-order valence-electron chi connectivity index (χ4n) is 1.67. The Morgan fingerprint density at radius 3 is 2.78 bits per heavy atom. The number of ether oxygens (including phenoxy) is 1. The zero-order chi connectivity index (χ0) is 13.1. The highest BCUT2D eigenvalue weighted by atomic mass is 16.5. The van der Waals surface area contributed by atoms with Crippen molar-refractivity contribution in [2.45, 2.75) is 33.5 Å². The van der Waals surface area contributed by atoms with Crippen LogP contribution in [0.25, 0.3) is 0 Å². The van der Waals surface area contributed by atoms with E-state index in [0.29, 0.717) is 17.5 Å². The van der Waals surface area contributed by atoms with Gasteiger partial charge in [0.15, 0.2) is 6.61 Å². The Labute approximate surface area is 105 Å². The number of aliphatic hydroxyl groups excluding tert-OH is 1. The molecule has 0 saturated heterocycles. The molecule has 1 N–H and O–H groups in total. The van der Waals surface area contributed by atoms with Crippen molar-refractivity contribution in [1.29, 1.82) is 0 Å². The second-order valence-electron chi connectivity index (χ2n) is 4.24. The fraction of sp³-hybridized carbons (Fsp3) is 0.385. The number of benzene rings is 1. The molecule has 0 aliphatic carbocycles. The predicted molar refractivity (Wildman–Crippen MR) is 65.2 cm³/mol. The van der Waals surface area contributed by atoms with Gasteiger partial charge in [-0.15, -0.1) is 0 Å². The second kappa shape index (κ2) is 5.18. The molecule has 0 amide bonds. The molecule has 0 unspecified atom stereocenters. The van der Waals surface area contributed by atoms with Gasteiger partial charge in [0.05, 0.1) is 6.10 Å². The Hall–Kier alpha value is -1.88. The first kappa shape index (κ1) is 12.6. The molecule has 2 rings (SSSR count). The number of rotatable bonds is 4. The molecule has 96 valence electrons. The summed E-state index contributed by atoms with van der Waals surface area (Å²) in [5.74, 6) is 1.64. The number of aryl methyl sites for hydroxylation is 2. The molecule has 1 aromatic heterocycles. The Morgan fingerprint density at radius 2 is 2.17 bits per heavy atom. The van der Waals surface area contributed by atoms with E-state index >= 15 is 0 Å². The van der Waals surface area contributed by atoms with Gasteiger partial charge in [-0.25, -0.2) is 0 Å². The van der Waals surface area contributed by atoms with Gasteiger partial charge in [0.2, 0.25) is 11.7 Å². The van der Waals surface area contributed by atoms with E-state index in [9.17, 15) is 5.11 Å². The van der Waals surface area contributed by atoms with E-state index in [0.717, 1.165) is 11.1 Å². The first-order chi connectivity index (χ1) is 8.56. The lowest BCUT2D eigenvalue weighted by Gasteiger charge is -2.13. The van der Waals surface area contributed by atoms with Crippen LogP contribution >= 0.6 is 0 Å². The van der Waals surface area contributed by atoms with E-state index in [-0.39, 0.29) is 6.61 Å². The first-order valence-corrected chi connectivity index (χ1v) is 5.77. The monoisotopic (exact) mass is 248 g/mol. The SMILES string of the molecule is Cc1ccc(OCc2noc(C)n2)c([C@H](C)O)c1. The van der Waals surface area contributed by atoms with E-state index in [1.807, 2.05) is 25.1 Å². The first-order valence-electron chi connectivity index (χ1n) is 5.77. The van der Waals surface area contributed by atoms with Gasteiger partial charge in [0, 0.05) is 12.5 Å². The minimum Gasteiger partial charge on any atom is -0.485 e.